The molecule has 0 fully saturated rings. The number of aliphatic imine (C=N–C) groups is 3. The van der Waals surface area contributed by atoms with Gasteiger partial charge < -0.3 is 61.0 Å². The fourth-order valence-electron chi connectivity index (χ4n) is 7.76. The number of hydrogen-bond acceptors (Lipinski definition) is 24. The van der Waals surface area contributed by atoms with Gasteiger partial charge in [0.25, 0.3) is 0 Å². The molecule has 0 rings (SSSR count). The Morgan fingerprint density at radius 1 is 0.382 bits per heavy atom. The van der Waals surface area contributed by atoms with E-state index in [-0.39, 0.29) is 70.7 Å². The third kappa shape index (κ3) is 105. The molecule has 0 atom stereocenters. The highest BCUT2D eigenvalue weighted by atomic mass is 35.5. The summed E-state index contributed by atoms with van der Waals surface area (Å²) in [6.45, 7) is 41.2. The highest BCUT2D eigenvalue weighted by molar-refractivity contribution is 8.13. The van der Waals surface area contributed by atoms with Crippen molar-refractivity contribution in [2.45, 2.75) is 341 Å². The molecule has 0 aliphatic rings. The standard InChI is InChI=1S/C18H33N3O5.C14H27NO3.C13H25N3O3.C10H18N2O4S.C10H21NO2.C8H18N2O.C4H7ClO/c1-6-11-14(22)12-9-8-10-13-19-15(20-16(23)25-7-2)21-17(24)26-18(3,4)5;1-5-9-12(16)15-11-8-6-7-10-13(17)18-14(2,3)4;1-3-8-11(17)9-6-5-7-10-15-12(14)16-13(18)19-4-2;1-6-15-8(13)11-7(17-5)12-9(14)16-10(2,3)4;1-10(2,3)13-9(12)7-5-4-6-8-11;1-2-5-8(11)10-7-4-3-6-9;1-2-3-4(5)6/h6-13H2,1-5H3,(H2,19,20,21,23,24);5-11H2,1-4H3,(H,15,16);3-10H2,1-2H3,(H3,14,15,16,18);6H2,1-5H3,(H,11,12,13,14);4-8,11H2,1-3H3;2-7,9H2,1H3,(H,10,11);2-3H2,1H3. The molecule has 33 heteroatoms. The zero-order valence-electron chi connectivity index (χ0n) is 71.3. The second-order valence-corrected chi connectivity index (χ2v) is 29.6. The maximum atomic E-state index is 11.8. The fraction of sp³-hybridized carbons (Fsp3) is 0.805. The maximum absolute atomic E-state index is 11.8. The Kier molecular flexibility index (Phi) is 81.4. The SMILES string of the molecule is CC(C)(C)OC(=O)CCCCCN.CCCC(=O)CCCCCN=C(N)NC(=O)OCC.CCCC(=O)CCCCCN=C(NC(=O)OCC)NC(=O)OC(C)(C)C.CCCC(=O)Cl.CCCC(=O)NCCCCCC(=O)OC(C)(C)C.CCCC(=O)NCCCCN.CCOC(=O)N=C(NC(=O)OC(C)(C)C)SC. The van der Waals surface area contributed by atoms with Gasteiger partial charge >= 0.3 is 42.4 Å². The molecule has 0 saturated carbocycles. The average Bonchev–Trinajstić information content (AvgIpc) is 0.950. The van der Waals surface area contributed by atoms with E-state index in [4.69, 9.17) is 52.5 Å². The number of halogens is 1. The number of amidine groups is 1. The summed E-state index contributed by atoms with van der Waals surface area (Å²) in [6.07, 6.45) is 20.6. The lowest BCUT2D eigenvalue weighted by Crippen LogP contribution is -2.46. The number of rotatable bonds is 40. The maximum Gasteiger partial charge on any atom is 0.436 e. The first-order valence-electron chi connectivity index (χ1n) is 39.0. The molecule has 12 N–H and O–H groups in total. The van der Waals surface area contributed by atoms with E-state index in [2.05, 4.69) is 56.4 Å². The minimum absolute atomic E-state index is 0.0141. The van der Waals surface area contributed by atoms with Crippen molar-refractivity contribution >= 4 is 111 Å². The first-order chi connectivity index (χ1) is 51.4. The summed E-state index contributed by atoms with van der Waals surface area (Å²) in [4.78, 5) is 146. The monoisotopic (exact) mass is 1610 g/mol. The molecule has 110 heavy (non-hydrogen) atoms. The minimum Gasteiger partial charge on any atom is -0.460 e. The van der Waals surface area contributed by atoms with Crippen LogP contribution < -0.4 is 49.1 Å². The molecule has 644 valence electrons. The van der Waals surface area contributed by atoms with Crippen molar-refractivity contribution in [2.24, 2.45) is 32.2 Å². The Hall–Kier alpha value is -7.19. The molecule has 0 aromatic rings. The zero-order chi connectivity index (χ0) is 85.8. The van der Waals surface area contributed by atoms with Gasteiger partial charge in [0.05, 0.1) is 19.8 Å². The number of esters is 2. The van der Waals surface area contributed by atoms with Crippen LogP contribution in [0.25, 0.3) is 0 Å². The molecule has 0 unspecified atom stereocenters. The van der Waals surface area contributed by atoms with Crippen LogP contribution in [0.5, 0.6) is 0 Å². The lowest BCUT2D eigenvalue weighted by atomic mass is 10.1. The molecular formula is C77H149ClN12O19S. The van der Waals surface area contributed by atoms with Crippen LogP contribution in [0.3, 0.4) is 0 Å². The van der Waals surface area contributed by atoms with Crippen LogP contribution in [0.2, 0.25) is 0 Å². The summed E-state index contributed by atoms with van der Waals surface area (Å²) in [7, 11) is 0. The van der Waals surface area contributed by atoms with Gasteiger partial charge in [0.15, 0.2) is 11.1 Å². The highest BCUT2D eigenvalue weighted by Crippen LogP contribution is 2.14. The first-order valence-corrected chi connectivity index (χ1v) is 40.6. The number of ketones is 2. The topological polar surface area (TPSA) is 457 Å². The van der Waals surface area contributed by atoms with Gasteiger partial charge in [-0.3, -0.25) is 64.8 Å². The molecule has 0 radical (unpaired) electrons. The van der Waals surface area contributed by atoms with Gasteiger partial charge in [-0.15, -0.1) is 0 Å². The van der Waals surface area contributed by atoms with Crippen LogP contribution in [0.15, 0.2) is 15.0 Å². The number of ether oxygens (including phenoxy) is 7. The van der Waals surface area contributed by atoms with Gasteiger partial charge in [-0.1, -0.05) is 72.1 Å². The van der Waals surface area contributed by atoms with Crippen molar-refractivity contribution in [2.75, 3.05) is 65.3 Å². The third-order valence-corrected chi connectivity index (χ3v) is 13.1. The molecular weight excluding hydrogens is 1460 g/mol. The van der Waals surface area contributed by atoms with Gasteiger partial charge in [0.1, 0.15) is 34.0 Å². The Bertz CT molecular complexity index is 2570. The smallest absolute Gasteiger partial charge is 0.436 e. The number of guanidine groups is 2. The van der Waals surface area contributed by atoms with Crippen molar-refractivity contribution in [1.82, 2.24) is 31.9 Å². The summed E-state index contributed by atoms with van der Waals surface area (Å²) in [6, 6.07) is 0. The molecule has 7 amide bonds. The normalized spacial score (nSPS) is 11.1. The molecule has 0 heterocycles. The van der Waals surface area contributed by atoms with Crippen molar-refractivity contribution in [3.8, 4) is 0 Å². The second kappa shape index (κ2) is 77.1. The van der Waals surface area contributed by atoms with Crippen molar-refractivity contribution in [3.63, 3.8) is 0 Å². The van der Waals surface area contributed by atoms with Gasteiger partial charge in [0.2, 0.25) is 23.0 Å². The molecule has 0 aromatic carbocycles. The highest BCUT2D eigenvalue weighted by Gasteiger charge is 2.21. The number of nitrogens with two attached hydrogens (primary N) is 3. The largest absolute Gasteiger partial charge is 0.460 e. The Morgan fingerprint density at radius 3 is 1.09 bits per heavy atom. The minimum atomic E-state index is -0.743. The van der Waals surface area contributed by atoms with Crippen LogP contribution in [0, 0.1) is 0 Å². The molecule has 0 spiro atoms. The fourth-order valence-corrected chi connectivity index (χ4v) is 8.30. The number of carbonyl (C=O) groups excluding carboxylic acids is 12. The summed E-state index contributed by atoms with van der Waals surface area (Å²) >= 11 is 6.05. The Morgan fingerprint density at radius 2 is 0.727 bits per heavy atom. The number of alkyl carbamates (subject to hydrolysis) is 4. The van der Waals surface area contributed by atoms with E-state index in [1.54, 1.807) is 68.6 Å². The van der Waals surface area contributed by atoms with Gasteiger partial charge in [0, 0.05) is 84.0 Å². The average molecular weight is 1610 g/mol. The van der Waals surface area contributed by atoms with Crippen LogP contribution in [-0.2, 0) is 66.7 Å². The quantitative estimate of drug-likeness (QED) is 0.00687. The number of hydrogen-bond donors (Lipinski definition) is 9. The molecule has 0 aromatic heterocycles. The third-order valence-electron chi connectivity index (χ3n) is 12.4. The van der Waals surface area contributed by atoms with E-state index >= 15 is 0 Å². The van der Waals surface area contributed by atoms with E-state index in [0.717, 1.165) is 140 Å². The lowest BCUT2D eigenvalue weighted by Gasteiger charge is -2.20. The summed E-state index contributed by atoms with van der Waals surface area (Å²) in [5.41, 5.74) is 14.1. The molecule has 0 bridgehead atoms. The van der Waals surface area contributed by atoms with Crippen LogP contribution >= 0.6 is 23.4 Å². The van der Waals surface area contributed by atoms with Crippen LogP contribution in [-0.4, -0.2) is 176 Å². The van der Waals surface area contributed by atoms with E-state index in [1.807, 2.05) is 76.2 Å². The molecule has 31 nitrogen and oxygen atoms in total. The van der Waals surface area contributed by atoms with Gasteiger partial charge in [-0.2, -0.15) is 4.99 Å². The number of thioether (sulfide) groups is 1. The number of nitrogens with one attached hydrogen (secondary N) is 6. The number of Topliss-reactive ketones (excluding diaryl/α,β-unsaturated/α-hetero) is 2. The number of nitrogens with zero attached hydrogens (tertiary/aromatic N) is 3. The molecule has 0 saturated heterocycles. The number of unbranched alkanes of at least 4 members (excludes halogenated alkanes) is 9. The van der Waals surface area contributed by atoms with E-state index in [1.165, 1.54) is 0 Å². The summed E-state index contributed by atoms with van der Waals surface area (Å²) in [5, 5.41) is 15.1. The van der Waals surface area contributed by atoms with E-state index < -0.39 is 47.3 Å². The summed E-state index contributed by atoms with van der Waals surface area (Å²) < 4.78 is 34.6. The van der Waals surface area contributed by atoms with E-state index in [0.29, 0.717) is 103 Å². The Balaban J connectivity index is -0.000000232. The molecule has 0 aliphatic carbocycles. The number of amides is 7. The molecule has 0 aliphatic heterocycles. The predicted molar refractivity (Wildman–Crippen MR) is 440 cm³/mol. The number of carbonyl (C=O) groups is 12. The summed E-state index contributed by atoms with van der Waals surface area (Å²) in [5.74, 6) is 0.693. The van der Waals surface area contributed by atoms with Crippen molar-refractivity contribution in [3.05, 3.63) is 0 Å². The first kappa shape index (κ1) is 116. The lowest BCUT2D eigenvalue weighted by molar-refractivity contribution is -0.156. The van der Waals surface area contributed by atoms with Crippen LogP contribution in [0.1, 0.15) is 318 Å². The Labute approximate surface area is 669 Å². The van der Waals surface area contributed by atoms with Crippen molar-refractivity contribution < 1.29 is 90.7 Å². The second-order valence-electron chi connectivity index (χ2n) is 28.3. The van der Waals surface area contributed by atoms with Gasteiger partial charge in [-0.05, 0) is 231 Å². The van der Waals surface area contributed by atoms with Crippen molar-refractivity contribution in [1.29, 1.82) is 0 Å². The van der Waals surface area contributed by atoms with Gasteiger partial charge in [-0.25, -0.2) is 24.0 Å². The zero-order valence-corrected chi connectivity index (χ0v) is 72.9. The van der Waals surface area contributed by atoms with Crippen LogP contribution in [0.4, 0.5) is 24.0 Å². The van der Waals surface area contributed by atoms with E-state index in [9.17, 15) is 57.5 Å². The predicted octanol–water partition coefficient (Wildman–Crippen LogP) is 14.8.